The van der Waals surface area contributed by atoms with Crippen LogP contribution in [0.3, 0.4) is 0 Å². The van der Waals surface area contributed by atoms with Gasteiger partial charge in [-0.05, 0) is 59.5 Å². The third-order valence-corrected chi connectivity index (χ3v) is 5.81. The van der Waals surface area contributed by atoms with Gasteiger partial charge in [0.15, 0.2) is 0 Å². The van der Waals surface area contributed by atoms with Gasteiger partial charge in [0.2, 0.25) is 0 Å². The lowest BCUT2D eigenvalue weighted by Crippen LogP contribution is -2.46. The van der Waals surface area contributed by atoms with E-state index in [0.717, 1.165) is 36.2 Å². The Morgan fingerprint density at radius 3 is 1.72 bits per heavy atom. The summed E-state index contributed by atoms with van der Waals surface area (Å²) >= 11 is 0. The van der Waals surface area contributed by atoms with E-state index in [2.05, 4.69) is 9.80 Å². The maximum absolute atomic E-state index is 13.4. The van der Waals surface area contributed by atoms with Gasteiger partial charge >= 0.3 is 5.97 Å². The third kappa shape index (κ3) is 5.21. The van der Waals surface area contributed by atoms with E-state index in [0.29, 0.717) is 18.7 Å². The van der Waals surface area contributed by atoms with Gasteiger partial charge in [-0.3, -0.25) is 9.80 Å². The summed E-state index contributed by atoms with van der Waals surface area (Å²) in [5.41, 5.74) is 3.63. The highest BCUT2D eigenvalue weighted by Gasteiger charge is 2.31. The van der Waals surface area contributed by atoms with Crippen LogP contribution in [0, 0.1) is 11.6 Å². The van der Waals surface area contributed by atoms with E-state index in [1.54, 1.807) is 12.1 Å². The molecule has 3 aromatic rings. The summed E-state index contributed by atoms with van der Waals surface area (Å²) in [4.78, 5) is 16.6. The maximum atomic E-state index is 13.4. The summed E-state index contributed by atoms with van der Waals surface area (Å²) < 4.78 is 31.6. The van der Waals surface area contributed by atoms with Crippen molar-refractivity contribution in [3.05, 3.63) is 107 Å². The second kappa shape index (κ2) is 10.0. The molecule has 6 heteroatoms. The number of methoxy groups -OCH3 is 1. The van der Waals surface area contributed by atoms with Crippen molar-refractivity contribution < 1.29 is 18.3 Å². The van der Waals surface area contributed by atoms with E-state index in [1.807, 2.05) is 36.4 Å². The molecule has 0 spiro atoms. The van der Waals surface area contributed by atoms with E-state index < -0.39 is 0 Å². The number of halogens is 2. The first-order valence-corrected chi connectivity index (χ1v) is 10.7. The van der Waals surface area contributed by atoms with Gasteiger partial charge < -0.3 is 4.74 Å². The second-order valence-electron chi connectivity index (χ2n) is 8.03. The molecule has 0 bridgehead atoms. The number of nitrogens with zero attached hydrogens (tertiary/aromatic N) is 2. The Balaban J connectivity index is 1.63. The van der Waals surface area contributed by atoms with Crippen LogP contribution in [-0.4, -0.2) is 36.0 Å². The molecule has 1 aliphatic heterocycles. The molecule has 1 fully saturated rings. The quantitative estimate of drug-likeness (QED) is 0.500. The Morgan fingerprint density at radius 1 is 0.812 bits per heavy atom. The Bertz CT molecular complexity index is 981. The highest BCUT2D eigenvalue weighted by Crippen LogP contribution is 2.32. The monoisotopic (exact) mass is 436 g/mol. The highest BCUT2D eigenvalue weighted by molar-refractivity contribution is 5.89. The summed E-state index contributed by atoms with van der Waals surface area (Å²) in [5, 5.41) is 0. The zero-order valence-electron chi connectivity index (χ0n) is 18.0. The summed E-state index contributed by atoms with van der Waals surface area (Å²) in [7, 11) is 1.37. The number of rotatable bonds is 6. The Labute approximate surface area is 187 Å². The molecule has 32 heavy (non-hydrogen) atoms. The van der Waals surface area contributed by atoms with Crippen LogP contribution in [0.25, 0.3) is 0 Å². The number of esters is 1. The lowest BCUT2D eigenvalue weighted by Gasteiger charge is -2.44. The van der Waals surface area contributed by atoms with Gasteiger partial charge in [-0.2, -0.15) is 0 Å². The summed E-state index contributed by atoms with van der Waals surface area (Å²) in [6.07, 6.45) is 0.949. The molecule has 0 aromatic heterocycles. The minimum atomic E-state index is -0.369. The Kier molecular flexibility index (Phi) is 6.93. The van der Waals surface area contributed by atoms with E-state index in [-0.39, 0.29) is 23.8 Å². The molecule has 1 heterocycles. The molecule has 0 saturated carbocycles. The second-order valence-corrected chi connectivity index (χ2v) is 8.03. The van der Waals surface area contributed by atoms with Crippen molar-refractivity contribution in [1.29, 1.82) is 0 Å². The van der Waals surface area contributed by atoms with Gasteiger partial charge in [0.1, 0.15) is 11.6 Å². The van der Waals surface area contributed by atoms with Gasteiger partial charge in [0, 0.05) is 26.2 Å². The lowest BCUT2D eigenvalue weighted by atomic mass is 10.0. The topological polar surface area (TPSA) is 32.8 Å². The SMILES string of the molecule is COC(=O)c1ccc(C2N(Cc3ccc(F)cc3)CCCN2Cc2ccc(F)cc2)cc1. The van der Waals surface area contributed by atoms with E-state index >= 15 is 0 Å². The normalized spacial score (nSPS) is 15.6. The highest BCUT2D eigenvalue weighted by atomic mass is 19.1. The Morgan fingerprint density at radius 2 is 1.28 bits per heavy atom. The van der Waals surface area contributed by atoms with Crippen LogP contribution >= 0.6 is 0 Å². The van der Waals surface area contributed by atoms with E-state index in [1.165, 1.54) is 31.4 Å². The molecule has 0 amide bonds. The van der Waals surface area contributed by atoms with Crippen molar-refractivity contribution in [2.45, 2.75) is 25.7 Å². The molecular formula is C26H26F2N2O2. The van der Waals surface area contributed by atoms with Gasteiger partial charge in [0.25, 0.3) is 0 Å². The van der Waals surface area contributed by atoms with Crippen LogP contribution < -0.4 is 0 Å². The maximum Gasteiger partial charge on any atom is 0.337 e. The first kappa shape index (κ1) is 22.1. The zero-order valence-corrected chi connectivity index (χ0v) is 18.0. The molecule has 166 valence electrons. The summed E-state index contributed by atoms with van der Waals surface area (Å²) in [6, 6.07) is 20.6. The zero-order chi connectivity index (χ0) is 22.5. The number of carbonyl (C=O) groups excluding carboxylic acids is 1. The predicted molar refractivity (Wildman–Crippen MR) is 119 cm³/mol. The fourth-order valence-corrected chi connectivity index (χ4v) is 4.26. The molecule has 0 N–H and O–H groups in total. The molecule has 1 saturated heterocycles. The molecule has 4 rings (SSSR count). The number of ether oxygens (including phenoxy) is 1. The van der Waals surface area contributed by atoms with E-state index in [9.17, 15) is 13.6 Å². The van der Waals surface area contributed by atoms with Gasteiger partial charge in [-0.25, -0.2) is 13.6 Å². The molecule has 0 atom stereocenters. The Hall–Kier alpha value is -3.09. The van der Waals surface area contributed by atoms with Gasteiger partial charge in [0.05, 0.1) is 18.8 Å². The number of hydrogen-bond donors (Lipinski definition) is 0. The first-order valence-electron chi connectivity index (χ1n) is 10.7. The largest absolute Gasteiger partial charge is 0.465 e. The van der Waals surface area contributed by atoms with Crippen molar-refractivity contribution >= 4 is 5.97 Å². The minimum Gasteiger partial charge on any atom is -0.465 e. The van der Waals surface area contributed by atoms with Crippen LogP contribution in [0.2, 0.25) is 0 Å². The molecule has 4 nitrogen and oxygen atoms in total. The average Bonchev–Trinajstić information content (AvgIpc) is 2.82. The van der Waals surface area contributed by atoms with Crippen molar-refractivity contribution in [3.8, 4) is 0 Å². The fourth-order valence-electron chi connectivity index (χ4n) is 4.26. The van der Waals surface area contributed by atoms with Crippen LogP contribution in [0.15, 0.2) is 72.8 Å². The summed E-state index contributed by atoms with van der Waals surface area (Å²) in [6.45, 7) is 3.12. The van der Waals surface area contributed by atoms with Crippen LogP contribution in [0.4, 0.5) is 8.78 Å². The van der Waals surface area contributed by atoms with Gasteiger partial charge in [-0.15, -0.1) is 0 Å². The minimum absolute atomic E-state index is 0.0365. The molecule has 0 unspecified atom stereocenters. The molecular weight excluding hydrogens is 410 g/mol. The van der Waals surface area contributed by atoms with Crippen molar-refractivity contribution in [3.63, 3.8) is 0 Å². The fraction of sp³-hybridized carbons (Fsp3) is 0.269. The van der Waals surface area contributed by atoms with E-state index in [4.69, 9.17) is 4.74 Å². The average molecular weight is 437 g/mol. The van der Waals surface area contributed by atoms with Gasteiger partial charge in [-0.1, -0.05) is 36.4 Å². The summed E-state index contributed by atoms with van der Waals surface area (Å²) in [5.74, 6) is -0.868. The number of benzene rings is 3. The molecule has 0 radical (unpaired) electrons. The smallest absolute Gasteiger partial charge is 0.337 e. The number of carbonyl (C=O) groups is 1. The standard InChI is InChI=1S/C26H26F2N2O2/c1-32-26(31)22-9-7-21(8-10-22)25-29(17-19-3-11-23(27)12-4-19)15-2-16-30(25)18-20-5-13-24(28)14-6-20/h3-14,25H,2,15-18H2,1H3. The van der Waals surface area contributed by atoms with Crippen molar-refractivity contribution in [2.75, 3.05) is 20.2 Å². The van der Waals surface area contributed by atoms with Crippen molar-refractivity contribution in [1.82, 2.24) is 9.80 Å². The van der Waals surface area contributed by atoms with Crippen molar-refractivity contribution in [2.24, 2.45) is 0 Å². The molecule has 3 aromatic carbocycles. The lowest BCUT2D eigenvalue weighted by molar-refractivity contribution is -0.00912. The van der Waals surface area contributed by atoms with Crippen LogP contribution in [-0.2, 0) is 17.8 Å². The predicted octanol–water partition coefficient (Wildman–Crippen LogP) is 5.16. The molecule has 0 aliphatic carbocycles. The third-order valence-electron chi connectivity index (χ3n) is 5.81. The van der Waals surface area contributed by atoms with Crippen LogP contribution in [0.5, 0.6) is 0 Å². The first-order chi connectivity index (χ1) is 15.5. The number of hydrogen-bond acceptors (Lipinski definition) is 4. The van der Waals surface area contributed by atoms with Crippen LogP contribution in [0.1, 0.15) is 39.6 Å². The molecule has 1 aliphatic rings.